The molecule has 254 valence electrons. The molecule has 0 saturated carbocycles. The first-order chi connectivity index (χ1) is 23.5. The van der Waals surface area contributed by atoms with E-state index in [4.69, 9.17) is 9.47 Å². The number of piperidine rings is 1. The van der Waals surface area contributed by atoms with Crippen LogP contribution < -0.4 is 20.3 Å². The van der Waals surface area contributed by atoms with Crippen LogP contribution in [0.15, 0.2) is 78.9 Å². The van der Waals surface area contributed by atoms with Crippen molar-refractivity contribution in [3.8, 4) is 5.75 Å². The van der Waals surface area contributed by atoms with Crippen LogP contribution in [0.1, 0.15) is 72.9 Å². The Bertz CT molecular complexity index is 1510. The first kappa shape index (κ1) is 34.5. The maximum atomic E-state index is 13.2. The number of anilines is 1. The molecular formula is C38H46N4O6. The Hall–Kier alpha value is -4.86. The third-order valence-corrected chi connectivity index (χ3v) is 8.82. The van der Waals surface area contributed by atoms with E-state index in [0.717, 1.165) is 55.5 Å². The average Bonchev–Trinajstić information content (AvgIpc) is 3.12. The van der Waals surface area contributed by atoms with E-state index in [0.29, 0.717) is 57.6 Å². The summed E-state index contributed by atoms with van der Waals surface area (Å²) in [6.45, 7) is 2.99. The Morgan fingerprint density at radius 2 is 1.50 bits per heavy atom. The van der Waals surface area contributed by atoms with Gasteiger partial charge < -0.3 is 29.9 Å². The van der Waals surface area contributed by atoms with Crippen molar-refractivity contribution in [3.63, 3.8) is 0 Å². The first-order valence-electron chi connectivity index (χ1n) is 17.1. The van der Waals surface area contributed by atoms with Crippen molar-refractivity contribution in [2.24, 2.45) is 0 Å². The second kappa shape index (κ2) is 17.9. The van der Waals surface area contributed by atoms with Gasteiger partial charge in [-0.1, -0.05) is 48.5 Å². The fraction of sp³-hybridized carbons (Fsp3) is 0.421. The summed E-state index contributed by atoms with van der Waals surface area (Å²) in [5.74, 6) is 0.869. The highest BCUT2D eigenvalue weighted by Crippen LogP contribution is 2.32. The number of unbranched alkanes of at least 4 members (excludes halogenated alkanes) is 2. The molecule has 2 aliphatic heterocycles. The highest BCUT2D eigenvalue weighted by molar-refractivity contribution is 5.97. The second-order valence-corrected chi connectivity index (χ2v) is 12.3. The van der Waals surface area contributed by atoms with Crippen molar-refractivity contribution in [2.45, 2.75) is 70.4 Å². The Kier molecular flexibility index (Phi) is 12.8. The van der Waals surface area contributed by atoms with Gasteiger partial charge >= 0.3 is 6.09 Å². The molecule has 3 aromatic rings. The molecule has 10 heteroatoms. The molecular weight excluding hydrogens is 608 g/mol. The monoisotopic (exact) mass is 654 g/mol. The Morgan fingerprint density at radius 1 is 0.771 bits per heavy atom. The number of likely N-dealkylation sites (tertiary alicyclic amines) is 1. The van der Waals surface area contributed by atoms with E-state index < -0.39 is 6.09 Å². The maximum Gasteiger partial charge on any atom is 0.407 e. The number of nitrogens with one attached hydrogen (secondary N) is 2. The topological polar surface area (TPSA) is 117 Å². The first-order valence-corrected chi connectivity index (χ1v) is 17.1. The van der Waals surface area contributed by atoms with E-state index in [1.807, 2.05) is 82.6 Å². The van der Waals surface area contributed by atoms with Crippen molar-refractivity contribution < 1.29 is 28.7 Å². The van der Waals surface area contributed by atoms with Gasteiger partial charge in [-0.15, -0.1) is 0 Å². The molecule has 3 aromatic carbocycles. The summed E-state index contributed by atoms with van der Waals surface area (Å²) in [5, 5.41) is 5.58. The van der Waals surface area contributed by atoms with Crippen LogP contribution in [0.4, 0.5) is 10.5 Å². The highest BCUT2D eigenvalue weighted by atomic mass is 16.5. The van der Waals surface area contributed by atoms with Crippen molar-refractivity contribution in [1.82, 2.24) is 15.5 Å². The third kappa shape index (κ3) is 10.1. The number of alkyl carbamates (subject to hydrolysis) is 1. The second-order valence-electron chi connectivity index (χ2n) is 12.3. The maximum absolute atomic E-state index is 13.2. The zero-order chi connectivity index (χ0) is 33.6. The number of fused-ring (bicyclic) bond motifs is 1. The molecule has 48 heavy (non-hydrogen) atoms. The molecule has 1 saturated heterocycles. The zero-order valence-corrected chi connectivity index (χ0v) is 27.5. The molecule has 5 rings (SSSR count). The molecule has 0 bridgehead atoms. The molecule has 2 aliphatic rings. The molecule has 0 atom stereocenters. The van der Waals surface area contributed by atoms with Gasteiger partial charge in [-0.2, -0.15) is 0 Å². The number of hydrogen-bond acceptors (Lipinski definition) is 6. The quantitative estimate of drug-likeness (QED) is 0.205. The lowest BCUT2D eigenvalue weighted by atomic mass is 9.95. The van der Waals surface area contributed by atoms with Crippen LogP contribution in [-0.4, -0.2) is 67.5 Å². The van der Waals surface area contributed by atoms with Crippen LogP contribution in [0.2, 0.25) is 0 Å². The van der Waals surface area contributed by atoms with Crippen LogP contribution in [0.3, 0.4) is 0 Å². The molecule has 0 unspecified atom stereocenters. The van der Waals surface area contributed by atoms with E-state index in [2.05, 4.69) is 16.7 Å². The molecule has 0 aromatic heterocycles. The van der Waals surface area contributed by atoms with E-state index >= 15 is 0 Å². The molecule has 1 fully saturated rings. The molecule has 2 heterocycles. The number of benzene rings is 3. The number of hydrogen-bond donors (Lipinski definition) is 2. The lowest BCUT2D eigenvalue weighted by molar-refractivity contribution is -0.121. The number of para-hydroxylation sites is 1. The number of rotatable bonds is 15. The van der Waals surface area contributed by atoms with E-state index in [-0.39, 0.29) is 30.4 Å². The van der Waals surface area contributed by atoms with E-state index in [1.165, 1.54) is 5.56 Å². The minimum Gasteiger partial charge on any atom is -0.494 e. The molecule has 0 radical (unpaired) electrons. The highest BCUT2D eigenvalue weighted by Gasteiger charge is 2.33. The van der Waals surface area contributed by atoms with Crippen LogP contribution >= 0.6 is 0 Å². The normalized spacial score (nSPS) is 14.6. The summed E-state index contributed by atoms with van der Waals surface area (Å²) in [4.78, 5) is 53.7. The summed E-state index contributed by atoms with van der Waals surface area (Å²) in [6.07, 6.45) is 5.87. The predicted molar refractivity (Wildman–Crippen MR) is 184 cm³/mol. The Morgan fingerprint density at radius 3 is 2.29 bits per heavy atom. The molecule has 2 N–H and O–H groups in total. The van der Waals surface area contributed by atoms with Gasteiger partial charge in [-0.05, 0) is 86.4 Å². The fourth-order valence-corrected chi connectivity index (χ4v) is 6.18. The van der Waals surface area contributed by atoms with Crippen molar-refractivity contribution >= 4 is 29.5 Å². The number of carbonyl (C=O) groups is 4. The SMILES string of the molecule is O=C(CCCNC(=O)OCc1ccccc1)NCCCCCOc1ccc(C(=O)N2CCC(N3C(=O)CCc4ccccc43)CC2)cc1. The van der Waals surface area contributed by atoms with Crippen molar-refractivity contribution in [1.29, 1.82) is 0 Å². The summed E-state index contributed by atoms with van der Waals surface area (Å²) in [7, 11) is 0. The molecule has 4 amide bonds. The largest absolute Gasteiger partial charge is 0.494 e. The van der Waals surface area contributed by atoms with Gasteiger partial charge in [0, 0.05) is 56.3 Å². The number of carbonyl (C=O) groups excluding carboxylic acids is 4. The number of amides is 4. The summed E-state index contributed by atoms with van der Waals surface area (Å²) in [6, 6.07) is 25.0. The molecule has 0 aliphatic carbocycles. The summed E-state index contributed by atoms with van der Waals surface area (Å²) in [5.41, 5.74) is 3.80. The van der Waals surface area contributed by atoms with Crippen LogP contribution in [0, 0.1) is 0 Å². The fourth-order valence-electron chi connectivity index (χ4n) is 6.18. The smallest absolute Gasteiger partial charge is 0.407 e. The Balaban J connectivity index is 0.895. The van der Waals surface area contributed by atoms with Gasteiger partial charge in [-0.25, -0.2) is 4.79 Å². The Labute approximate surface area is 282 Å². The van der Waals surface area contributed by atoms with Crippen LogP contribution in [-0.2, 0) is 27.4 Å². The number of nitrogens with zero attached hydrogens (tertiary/aromatic N) is 2. The lowest BCUT2D eigenvalue weighted by Crippen LogP contribution is -2.50. The standard InChI is InChI=1S/C38H46N4O6/c43-35(14-9-24-40-38(46)48-28-29-10-3-1-4-11-29)39-23-7-2-8-27-47-33-18-15-31(16-19-33)37(45)41-25-21-32(22-26-41)42-34-13-6-5-12-30(34)17-20-36(42)44/h1,3-6,10-13,15-16,18-19,32H,2,7-9,14,17,20-28H2,(H,39,43)(H,40,46). The summed E-state index contributed by atoms with van der Waals surface area (Å²) < 4.78 is 11.0. The minimum absolute atomic E-state index is 0.00465. The van der Waals surface area contributed by atoms with Gasteiger partial charge in [0.1, 0.15) is 12.4 Å². The molecule has 0 spiro atoms. The van der Waals surface area contributed by atoms with Gasteiger partial charge in [0.2, 0.25) is 11.8 Å². The predicted octanol–water partition coefficient (Wildman–Crippen LogP) is 5.64. The van der Waals surface area contributed by atoms with Gasteiger partial charge in [-0.3, -0.25) is 14.4 Å². The zero-order valence-electron chi connectivity index (χ0n) is 27.5. The third-order valence-electron chi connectivity index (χ3n) is 8.82. The van der Waals surface area contributed by atoms with Crippen molar-refractivity contribution in [3.05, 3.63) is 95.6 Å². The average molecular weight is 655 g/mol. The molecule has 10 nitrogen and oxygen atoms in total. The van der Waals surface area contributed by atoms with Gasteiger partial charge in [0.15, 0.2) is 0 Å². The van der Waals surface area contributed by atoms with E-state index in [1.54, 1.807) is 0 Å². The number of aryl methyl sites for hydroxylation is 1. The minimum atomic E-state index is -0.489. The van der Waals surface area contributed by atoms with Crippen LogP contribution in [0.5, 0.6) is 5.75 Å². The summed E-state index contributed by atoms with van der Waals surface area (Å²) >= 11 is 0. The van der Waals surface area contributed by atoms with Crippen molar-refractivity contribution in [2.75, 3.05) is 37.7 Å². The van der Waals surface area contributed by atoms with Gasteiger partial charge in [0.25, 0.3) is 5.91 Å². The number of ether oxygens (including phenoxy) is 2. The van der Waals surface area contributed by atoms with Gasteiger partial charge in [0.05, 0.1) is 6.61 Å². The van der Waals surface area contributed by atoms with Crippen LogP contribution in [0.25, 0.3) is 0 Å². The lowest BCUT2D eigenvalue weighted by Gasteiger charge is -2.41. The van der Waals surface area contributed by atoms with E-state index in [9.17, 15) is 19.2 Å².